The van der Waals surface area contributed by atoms with E-state index in [1.807, 2.05) is 0 Å². The van der Waals surface area contributed by atoms with E-state index in [9.17, 15) is 5.11 Å². The van der Waals surface area contributed by atoms with Crippen LogP contribution in [0.15, 0.2) is 0 Å². The van der Waals surface area contributed by atoms with E-state index in [0.29, 0.717) is 13.2 Å². The molecule has 0 aliphatic heterocycles. The number of nitrogens with two attached hydrogens (primary N) is 2. The molecule has 0 amide bonds. The molecule has 0 radical (unpaired) electrons. The maximum Gasteiger partial charge on any atom is 0.0769 e. The first kappa shape index (κ1) is 14.8. The van der Waals surface area contributed by atoms with Gasteiger partial charge in [-0.2, -0.15) is 0 Å². The predicted octanol–water partition coefficient (Wildman–Crippen LogP) is 0.358. The molecule has 1 saturated carbocycles. The summed E-state index contributed by atoms with van der Waals surface area (Å²) in [5.41, 5.74) is 10.0. The largest absolute Gasteiger partial charge is 0.396 e. The van der Waals surface area contributed by atoms with Crippen LogP contribution in [0.2, 0.25) is 0 Å². The van der Waals surface area contributed by atoms with Crippen LogP contribution < -0.4 is 11.5 Å². The molecule has 4 nitrogen and oxygen atoms in total. The first-order valence-electron chi connectivity index (χ1n) is 5.92. The Morgan fingerprint density at radius 3 is 1.93 bits per heavy atom. The smallest absolute Gasteiger partial charge is 0.0769 e. The summed E-state index contributed by atoms with van der Waals surface area (Å²) in [6, 6.07) is 0. The van der Waals surface area contributed by atoms with Gasteiger partial charge < -0.3 is 21.7 Å². The highest BCUT2D eigenvalue weighted by molar-refractivity contribution is 4.84. The van der Waals surface area contributed by atoms with E-state index in [2.05, 4.69) is 0 Å². The molecule has 0 aromatic carbocycles. The average Bonchev–Trinajstić information content (AvgIpc) is 2.68. The monoisotopic (exact) mass is 218 g/mol. The lowest BCUT2D eigenvalue weighted by Crippen LogP contribution is -2.33. The first-order valence-corrected chi connectivity index (χ1v) is 5.92. The molecule has 1 aliphatic carbocycles. The van der Waals surface area contributed by atoms with Gasteiger partial charge in [0.25, 0.3) is 0 Å². The van der Waals surface area contributed by atoms with Crippen LogP contribution in [-0.2, 0) is 0 Å². The third kappa shape index (κ3) is 7.73. The molecule has 0 aromatic rings. The number of aliphatic hydroxyl groups excluding tert-OH is 1. The number of aliphatic hydroxyl groups is 2. The highest BCUT2D eigenvalue weighted by Crippen LogP contribution is 2.27. The standard InChI is InChI=1S/C6H13NO.C5H13NO/c7-5-6(8)3-1-2-4-6;6-4-2-1-3-5-7/h8H,1-5,7H2;7H,1-6H2. The molecule has 0 saturated heterocycles. The fourth-order valence-corrected chi connectivity index (χ4v) is 1.67. The summed E-state index contributed by atoms with van der Waals surface area (Å²) >= 11 is 0. The van der Waals surface area contributed by atoms with Crippen molar-refractivity contribution in [3.05, 3.63) is 0 Å². The molecule has 15 heavy (non-hydrogen) atoms. The van der Waals surface area contributed by atoms with E-state index in [0.717, 1.165) is 51.5 Å². The molecule has 4 heteroatoms. The van der Waals surface area contributed by atoms with E-state index in [4.69, 9.17) is 16.6 Å². The van der Waals surface area contributed by atoms with E-state index >= 15 is 0 Å². The quantitative estimate of drug-likeness (QED) is 0.501. The maximum atomic E-state index is 9.38. The molecule has 1 fully saturated rings. The Hall–Kier alpha value is -0.160. The summed E-state index contributed by atoms with van der Waals surface area (Å²) in [5.74, 6) is 0. The van der Waals surface area contributed by atoms with Crippen LogP contribution in [0.4, 0.5) is 0 Å². The van der Waals surface area contributed by atoms with Gasteiger partial charge in [0, 0.05) is 13.2 Å². The minimum atomic E-state index is -0.486. The van der Waals surface area contributed by atoms with Crippen molar-refractivity contribution in [2.24, 2.45) is 11.5 Å². The molecule has 0 spiro atoms. The van der Waals surface area contributed by atoms with Gasteiger partial charge >= 0.3 is 0 Å². The van der Waals surface area contributed by atoms with Crippen molar-refractivity contribution in [3.8, 4) is 0 Å². The van der Waals surface area contributed by atoms with Crippen molar-refractivity contribution in [1.29, 1.82) is 0 Å². The lowest BCUT2D eigenvalue weighted by Gasteiger charge is -2.18. The lowest BCUT2D eigenvalue weighted by atomic mass is 10.0. The Balaban J connectivity index is 0.000000265. The van der Waals surface area contributed by atoms with Gasteiger partial charge in [-0.3, -0.25) is 0 Å². The zero-order valence-electron chi connectivity index (χ0n) is 9.62. The topological polar surface area (TPSA) is 92.5 Å². The number of hydrogen-bond acceptors (Lipinski definition) is 4. The molecule has 0 aromatic heterocycles. The Morgan fingerprint density at radius 1 is 1.00 bits per heavy atom. The summed E-state index contributed by atoms with van der Waals surface area (Å²) < 4.78 is 0. The fraction of sp³-hybridized carbons (Fsp3) is 1.00. The first-order chi connectivity index (χ1) is 7.18. The van der Waals surface area contributed by atoms with Gasteiger partial charge in [0.1, 0.15) is 0 Å². The van der Waals surface area contributed by atoms with Crippen LogP contribution in [-0.4, -0.2) is 35.5 Å². The van der Waals surface area contributed by atoms with E-state index in [1.54, 1.807) is 0 Å². The molecule has 0 atom stereocenters. The zero-order valence-corrected chi connectivity index (χ0v) is 9.62. The van der Waals surface area contributed by atoms with Crippen molar-refractivity contribution < 1.29 is 10.2 Å². The zero-order chi connectivity index (χ0) is 11.6. The number of rotatable bonds is 5. The van der Waals surface area contributed by atoms with E-state index in [1.165, 1.54) is 0 Å². The SMILES string of the molecule is NCC1(O)CCCC1.NCCCCCO. The van der Waals surface area contributed by atoms with Crippen molar-refractivity contribution in [1.82, 2.24) is 0 Å². The van der Waals surface area contributed by atoms with Crippen molar-refractivity contribution >= 4 is 0 Å². The Kier molecular flexibility index (Phi) is 9.00. The number of hydrogen-bond donors (Lipinski definition) is 4. The van der Waals surface area contributed by atoms with Crippen molar-refractivity contribution in [3.63, 3.8) is 0 Å². The molecule has 92 valence electrons. The second kappa shape index (κ2) is 9.09. The van der Waals surface area contributed by atoms with Gasteiger partial charge in [-0.15, -0.1) is 0 Å². The van der Waals surface area contributed by atoms with Crippen LogP contribution in [0.3, 0.4) is 0 Å². The van der Waals surface area contributed by atoms with Gasteiger partial charge in [0.2, 0.25) is 0 Å². The molecule has 0 heterocycles. The van der Waals surface area contributed by atoms with E-state index < -0.39 is 5.60 Å². The second-order valence-electron chi connectivity index (χ2n) is 4.21. The minimum absolute atomic E-state index is 0.306. The third-order valence-electron chi connectivity index (χ3n) is 2.78. The Labute approximate surface area is 92.7 Å². The predicted molar refractivity (Wildman–Crippen MR) is 62.5 cm³/mol. The molecular weight excluding hydrogens is 192 g/mol. The normalized spacial score (nSPS) is 18.4. The summed E-state index contributed by atoms with van der Waals surface area (Å²) in [5, 5.41) is 17.6. The maximum absolute atomic E-state index is 9.38. The fourth-order valence-electron chi connectivity index (χ4n) is 1.67. The molecule has 1 aliphatic rings. The van der Waals surface area contributed by atoms with Crippen LogP contribution in [0, 0.1) is 0 Å². The van der Waals surface area contributed by atoms with Gasteiger partial charge in [-0.1, -0.05) is 12.8 Å². The molecule has 6 N–H and O–H groups in total. The van der Waals surface area contributed by atoms with Crippen LogP contribution in [0.5, 0.6) is 0 Å². The minimum Gasteiger partial charge on any atom is -0.396 e. The van der Waals surface area contributed by atoms with Crippen molar-refractivity contribution in [2.75, 3.05) is 19.7 Å². The third-order valence-corrected chi connectivity index (χ3v) is 2.78. The summed E-state index contributed by atoms with van der Waals surface area (Å²) in [7, 11) is 0. The molecule has 1 rings (SSSR count). The molecule has 0 unspecified atom stereocenters. The van der Waals surface area contributed by atoms with Gasteiger partial charge in [-0.05, 0) is 38.6 Å². The Morgan fingerprint density at radius 2 is 1.60 bits per heavy atom. The summed E-state index contributed by atoms with van der Waals surface area (Å²) in [6.45, 7) is 1.49. The Bertz CT molecular complexity index is 133. The summed E-state index contributed by atoms with van der Waals surface area (Å²) in [4.78, 5) is 0. The summed E-state index contributed by atoms with van der Waals surface area (Å²) in [6.07, 6.45) is 7.11. The number of unbranched alkanes of at least 4 members (excludes halogenated alkanes) is 2. The molecular formula is C11H26N2O2. The van der Waals surface area contributed by atoms with Gasteiger partial charge in [0.15, 0.2) is 0 Å². The highest BCUT2D eigenvalue weighted by Gasteiger charge is 2.28. The van der Waals surface area contributed by atoms with Crippen molar-refractivity contribution in [2.45, 2.75) is 50.5 Å². The highest BCUT2D eigenvalue weighted by atomic mass is 16.3. The molecule has 0 bridgehead atoms. The van der Waals surface area contributed by atoms with Gasteiger partial charge in [-0.25, -0.2) is 0 Å². The second-order valence-corrected chi connectivity index (χ2v) is 4.21. The lowest BCUT2D eigenvalue weighted by molar-refractivity contribution is 0.0570. The van der Waals surface area contributed by atoms with Gasteiger partial charge in [0.05, 0.1) is 5.60 Å². The van der Waals surface area contributed by atoms with E-state index in [-0.39, 0.29) is 0 Å². The van der Waals surface area contributed by atoms with Crippen LogP contribution >= 0.6 is 0 Å². The van der Waals surface area contributed by atoms with Crippen LogP contribution in [0.1, 0.15) is 44.9 Å². The van der Waals surface area contributed by atoms with Crippen LogP contribution in [0.25, 0.3) is 0 Å². The average molecular weight is 218 g/mol.